The summed E-state index contributed by atoms with van der Waals surface area (Å²) in [6.07, 6.45) is 2.03. The van der Waals surface area contributed by atoms with Gasteiger partial charge in [-0.2, -0.15) is 0 Å². The summed E-state index contributed by atoms with van der Waals surface area (Å²) in [6, 6.07) is 10.3. The number of nitrogens with zero attached hydrogens (tertiary/aromatic N) is 3. The number of aromatic nitrogens is 3. The Morgan fingerprint density at radius 3 is 2.50 bits per heavy atom. The zero-order valence-corrected chi connectivity index (χ0v) is 16.1. The van der Waals surface area contributed by atoms with Gasteiger partial charge in [-0.1, -0.05) is 56.3 Å². The van der Waals surface area contributed by atoms with Gasteiger partial charge in [0.25, 0.3) is 5.91 Å². The molecule has 1 atom stereocenters. The highest BCUT2D eigenvalue weighted by Crippen LogP contribution is 2.33. The fourth-order valence-electron chi connectivity index (χ4n) is 3.59. The summed E-state index contributed by atoms with van der Waals surface area (Å²) in [5.74, 6) is -0.161. The van der Waals surface area contributed by atoms with Crippen molar-refractivity contribution in [3.63, 3.8) is 0 Å². The fourth-order valence-corrected chi connectivity index (χ4v) is 3.59. The first-order chi connectivity index (χ1) is 12.4. The van der Waals surface area contributed by atoms with E-state index in [4.69, 9.17) is 0 Å². The highest BCUT2D eigenvalue weighted by molar-refractivity contribution is 5.93. The molecule has 1 aromatic heterocycles. The predicted molar refractivity (Wildman–Crippen MR) is 102 cm³/mol. The molecule has 0 spiro atoms. The third-order valence-corrected chi connectivity index (χ3v) is 5.07. The Hall–Kier alpha value is -2.21. The lowest BCUT2D eigenvalue weighted by Gasteiger charge is -2.31. The van der Waals surface area contributed by atoms with Crippen molar-refractivity contribution in [1.82, 2.24) is 25.6 Å². The van der Waals surface area contributed by atoms with Crippen LogP contribution >= 0.6 is 0 Å². The number of rotatable bonds is 4. The molecule has 1 saturated heterocycles. The van der Waals surface area contributed by atoms with Gasteiger partial charge in [-0.05, 0) is 43.8 Å². The van der Waals surface area contributed by atoms with Crippen LogP contribution < -0.4 is 10.6 Å². The summed E-state index contributed by atoms with van der Waals surface area (Å²) >= 11 is 0. The van der Waals surface area contributed by atoms with Gasteiger partial charge in [-0.15, -0.1) is 5.10 Å². The number of amides is 1. The van der Waals surface area contributed by atoms with Crippen molar-refractivity contribution in [1.29, 1.82) is 0 Å². The molecule has 2 aromatic rings. The molecule has 1 fully saturated rings. The van der Waals surface area contributed by atoms with Gasteiger partial charge in [0.1, 0.15) is 0 Å². The molecule has 1 aliphatic heterocycles. The van der Waals surface area contributed by atoms with Gasteiger partial charge in [-0.3, -0.25) is 4.79 Å². The summed E-state index contributed by atoms with van der Waals surface area (Å²) in [5, 5.41) is 15.0. The van der Waals surface area contributed by atoms with Crippen LogP contribution in [0.2, 0.25) is 0 Å². The molecule has 0 bridgehead atoms. The second kappa shape index (κ2) is 7.58. The Bertz CT molecular complexity index is 741. The van der Waals surface area contributed by atoms with Crippen molar-refractivity contribution in [3.05, 3.63) is 47.3 Å². The van der Waals surface area contributed by atoms with Crippen molar-refractivity contribution >= 4 is 5.91 Å². The largest absolute Gasteiger partial charge is 0.343 e. The smallest absolute Gasteiger partial charge is 0.274 e. The fraction of sp³-hybridized carbons (Fsp3) is 0.550. The van der Waals surface area contributed by atoms with Crippen LogP contribution in [0.4, 0.5) is 0 Å². The van der Waals surface area contributed by atoms with E-state index in [9.17, 15) is 4.79 Å². The number of carbonyl (C=O) groups excluding carboxylic acids is 1. The lowest BCUT2D eigenvalue weighted by atomic mass is 9.82. The van der Waals surface area contributed by atoms with E-state index in [1.165, 1.54) is 0 Å². The maximum atomic E-state index is 13.0. The molecule has 1 unspecified atom stereocenters. The van der Waals surface area contributed by atoms with Crippen LogP contribution in [0.15, 0.2) is 30.3 Å². The summed E-state index contributed by atoms with van der Waals surface area (Å²) in [4.78, 5) is 13.0. The van der Waals surface area contributed by atoms with Crippen LogP contribution in [0, 0.1) is 12.3 Å². The predicted octanol–water partition coefficient (Wildman–Crippen LogP) is 3.03. The third kappa shape index (κ3) is 3.96. The Balaban J connectivity index is 1.81. The number of benzene rings is 1. The van der Waals surface area contributed by atoms with E-state index in [0.29, 0.717) is 11.7 Å². The Kier molecular flexibility index (Phi) is 5.41. The maximum absolute atomic E-state index is 13.0. The normalized spacial score (nSPS) is 17.1. The molecule has 6 heteroatoms. The van der Waals surface area contributed by atoms with Crippen molar-refractivity contribution < 1.29 is 4.79 Å². The molecule has 2 N–H and O–H groups in total. The van der Waals surface area contributed by atoms with Gasteiger partial charge in [-0.25, -0.2) is 4.68 Å². The molecule has 1 amide bonds. The summed E-state index contributed by atoms with van der Waals surface area (Å²) in [5.41, 5.74) is 2.25. The number of piperidine rings is 1. The van der Waals surface area contributed by atoms with E-state index in [0.717, 1.165) is 37.2 Å². The molecular formula is C20H29N5O. The number of carbonyl (C=O) groups is 1. The molecular weight excluding hydrogens is 326 g/mol. The first-order valence-electron chi connectivity index (χ1n) is 9.36. The molecule has 0 radical (unpaired) electrons. The van der Waals surface area contributed by atoms with E-state index in [1.807, 2.05) is 29.8 Å². The summed E-state index contributed by atoms with van der Waals surface area (Å²) in [6.45, 7) is 10.3. The van der Waals surface area contributed by atoms with Crippen LogP contribution in [-0.2, 0) is 0 Å². The zero-order valence-electron chi connectivity index (χ0n) is 16.1. The van der Waals surface area contributed by atoms with Crippen molar-refractivity contribution in [2.45, 2.75) is 52.6 Å². The highest BCUT2D eigenvalue weighted by atomic mass is 16.2. The second-order valence-corrected chi connectivity index (χ2v) is 8.13. The number of hydrogen-bond donors (Lipinski definition) is 2. The van der Waals surface area contributed by atoms with Gasteiger partial charge >= 0.3 is 0 Å². The summed E-state index contributed by atoms with van der Waals surface area (Å²) < 4.78 is 1.92. The minimum Gasteiger partial charge on any atom is -0.343 e. The molecule has 3 rings (SSSR count). The lowest BCUT2D eigenvalue weighted by Crippen LogP contribution is -2.37. The maximum Gasteiger partial charge on any atom is 0.274 e. The standard InChI is InChI=1S/C20H29N5O/c1-14-17(23-24-25(14)16-10-12-21-13-11-16)19(26)22-18(20(2,3)4)15-8-6-5-7-9-15/h5-9,16,18,21H,10-13H2,1-4H3,(H,22,26). The Morgan fingerprint density at radius 2 is 1.88 bits per heavy atom. The minimum atomic E-state index is -0.161. The molecule has 26 heavy (non-hydrogen) atoms. The first-order valence-corrected chi connectivity index (χ1v) is 9.36. The monoisotopic (exact) mass is 355 g/mol. The van der Waals surface area contributed by atoms with E-state index in [-0.39, 0.29) is 17.4 Å². The quantitative estimate of drug-likeness (QED) is 0.884. The first kappa shape index (κ1) is 18.6. The van der Waals surface area contributed by atoms with Crippen LogP contribution in [0.5, 0.6) is 0 Å². The van der Waals surface area contributed by atoms with Crippen molar-refractivity contribution in [2.24, 2.45) is 5.41 Å². The van der Waals surface area contributed by atoms with Gasteiger partial charge in [0.15, 0.2) is 5.69 Å². The molecule has 140 valence electrons. The average Bonchev–Trinajstić information content (AvgIpc) is 3.01. The van der Waals surface area contributed by atoms with Crippen molar-refractivity contribution in [3.8, 4) is 0 Å². The van der Waals surface area contributed by atoms with Gasteiger partial charge in [0, 0.05) is 0 Å². The Morgan fingerprint density at radius 1 is 1.23 bits per heavy atom. The second-order valence-electron chi connectivity index (χ2n) is 8.13. The lowest BCUT2D eigenvalue weighted by molar-refractivity contribution is 0.0896. The number of nitrogens with one attached hydrogen (secondary N) is 2. The molecule has 0 saturated carbocycles. The van der Waals surface area contributed by atoms with Gasteiger partial charge in [0.05, 0.1) is 17.8 Å². The molecule has 1 aromatic carbocycles. The van der Waals surface area contributed by atoms with E-state index in [1.54, 1.807) is 0 Å². The van der Waals surface area contributed by atoms with Gasteiger partial charge < -0.3 is 10.6 Å². The average molecular weight is 355 g/mol. The van der Waals surface area contributed by atoms with E-state index < -0.39 is 0 Å². The highest BCUT2D eigenvalue weighted by Gasteiger charge is 2.30. The van der Waals surface area contributed by atoms with Crippen LogP contribution in [0.3, 0.4) is 0 Å². The van der Waals surface area contributed by atoms with E-state index in [2.05, 4.69) is 53.8 Å². The molecule has 6 nitrogen and oxygen atoms in total. The van der Waals surface area contributed by atoms with Crippen molar-refractivity contribution in [2.75, 3.05) is 13.1 Å². The SMILES string of the molecule is Cc1c(C(=O)NC(c2ccccc2)C(C)(C)C)nnn1C1CCNCC1. The number of hydrogen-bond acceptors (Lipinski definition) is 4. The summed E-state index contributed by atoms with van der Waals surface area (Å²) in [7, 11) is 0. The van der Waals surface area contributed by atoms with Crippen LogP contribution in [0.25, 0.3) is 0 Å². The minimum absolute atomic E-state index is 0.0976. The topological polar surface area (TPSA) is 71.8 Å². The van der Waals surface area contributed by atoms with E-state index >= 15 is 0 Å². The van der Waals surface area contributed by atoms with Crippen LogP contribution in [0.1, 0.15) is 67.4 Å². The van der Waals surface area contributed by atoms with Gasteiger partial charge in [0.2, 0.25) is 0 Å². The third-order valence-electron chi connectivity index (χ3n) is 5.07. The Labute approximate surface area is 155 Å². The van der Waals surface area contributed by atoms with Crippen LogP contribution in [-0.4, -0.2) is 34.0 Å². The molecule has 1 aliphatic rings. The molecule has 2 heterocycles. The molecule has 0 aliphatic carbocycles. The zero-order chi connectivity index (χ0) is 18.7.